The van der Waals surface area contributed by atoms with Gasteiger partial charge >= 0.3 is 0 Å². The van der Waals surface area contributed by atoms with Crippen LogP contribution in [0.4, 0.5) is 0 Å². The van der Waals surface area contributed by atoms with Crippen LogP contribution in [-0.2, 0) is 134 Å². The third-order valence-electron chi connectivity index (χ3n) is 22.1. The second-order valence-corrected chi connectivity index (χ2v) is 35.1. The van der Waals surface area contributed by atoms with E-state index in [4.69, 9.17) is 39.5 Å². The van der Waals surface area contributed by atoms with Gasteiger partial charge in [-0.1, -0.05) is 80.6 Å². The summed E-state index contributed by atoms with van der Waals surface area (Å²) in [5.74, 6) is -21.2. The van der Waals surface area contributed by atoms with Gasteiger partial charge in [0.1, 0.15) is 79.7 Å². The number of nitrogens with one attached hydrogen (secondary N) is 25. The molecule has 37 N–H and O–H groups in total. The molecule has 20 atom stereocenters. The summed E-state index contributed by atoms with van der Waals surface area (Å²) in [6, 6.07) is 2.75. The summed E-state index contributed by atoms with van der Waals surface area (Å²) in [7, 11) is 0. The van der Waals surface area contributed by atoms with Crippen LogP contribution in [0.1, 0.15) is 135 Å². The molecule has 0 bridgehead atoms. The Hall–Kier alpha value is -15.7. The minimum atomic E-state index is -2.53. The molecule has 0 radical (unpaired) electrons. The second-order valence-electron chi connectivity index (χ2n) is 35.1. The fraction of sp³-hybridized carbons (Fsp3) is 0.495. The van der Waals surface area contributed by atoms with E-state index in [2.05, 4.69) is 122 Å². The van der Waals surface area contributed by atoms with E-state index in [9.17, 15) is 96.5 Å². The molecule has 1 aliphatic heterocycles. The van der Waals surface area contributed by atoms with Crippen LogP contribution in [0.2, 0.25) is 0 Å². The topological polar surface area (TPSA) is 905 Å². The number of phenolic OH excluding ortho intramolecular Hbond substituents is 2. The normalized spacial score (nSPS) is 18.8. The highest BCUT2D eigenvalue weighted by Crippen LogP contribution is 2.25. The van der Waals surface area contributed by atoms with Crippen molar-refractivity contribution in [2.45, 2.75) is 259 Å². The molecule has 147 heavy (non-hydrogen) atoms. The van der Waals surface area contributed by atoms with Crippen molar-refractivity contribution in [3.05, 3.63) is 108 Å². The Labute approximate surface area is 844 Å². The van der Waals surface area contributed by atoms with Gasteiger partial charge in [-0.3, -0.25) is 131 Å². The first-order valence-electron chi connectivity index (χ1n) is 46.5. The minimum Gasteiger partial charge on any atom is -0.508 e. The smallest absolute Gasteiger partial charge is 0.259 e. The van der Waals surface area contributed by atoms with E-state index in [1.807, 2.05) is 0 Å². The highest BCUT2D eigenvalue weighted by atomic mass is 16.3. The Morgan fingerprint density at radius 1 is 0.422 bits per heavy atom. The van der Waals surface area contributed by atoms with Crippen molar-refractivity contribution in [1.82, 2.24) is 122 Å². The van der Waals surface area contributed by atoms with Crippen molar-refractivity contribution in [2.24, 2.45) is 34.1 Å². The van der Waals surface area contributed by atoms with Gasteiger partial charge in [0.15, 0.2) is 67.4 Å². The molecule has 0 fully saturated rings. The van der Waals surface area contributed by atoms with Gasteiger partial charge in [0.25, 0.3) is 53.2 Å². The summed E-state index contributed by atoms with van der Waals surface area (Å²) in [5, 5.41) is 90.9. The number of hydrogen-bond donors (Lipinski definition) is 32. The van der Waals surface area contributed by atoms with Crippen LogP contribution in [0.25, 0.3) is 0 Å². The zero-order chi connectivity index (χ0) is 110. The van der Waals surface area contributed by atoms with Crippen molar-refractivity contribution in [1.29, 1.82) is 10.8 Å². The third kappa shape index (κ3) is 46.2. The van der Waals surface area contributed by atoms with Crippen LogP contribution in [0.3, 0.4) is 0 Å². The maximum atomic E-state index is 15.6. The van der Waals surface area contributed by atoms with Crippen LogP contribution in [0.15, 0.2) is 91.0 Å². The summed E-state index contributed by atoms with van der Waals surface area (Å²) >= 11 is 0. The molecule has 0 unspecified atom stereocenters. The zero-order valence-electron chi connectivity index (χ0n) is 81.6. The quantitative estimate of drug-likeness (QED) is 0.00623. The Bertz CT molecular complexity index is 5070. The number of allylic oxidation sites excluding steroid dienone is 2. The number of benzene rings is 3. The van der Waals surface area contributed by atoms with E-state index in [0.717, 1.165) is 20.8 Å². The summed E-state index contributed by atoms with van der Waals surface area (Å²) in [4.78, 5) is 332. The SMILES string of the molecule is C[C@@H]1NC(=O)C(C)(C)CCC/C=C\CCC[C@@](C)(C(=O)N[C@@H](N[C@@H](C=O)Cc2ccccc2)C(=O)N[C@@H](N[C@@H](C=O)CC(N)=O)C(=O)N[C@@H](N[C@@H](C)C=O)C(=O)N[C@@H](N[C@@H](C=O)Cc2ccc(O)cc2)C(=O)N[C@@H](N[C@@H](C=O)Cc2ccc(O)cc2)C(=O)N[C@@H](N[C@@H](C)C=O)C(=O)N[C@@H](N[C@@H](C=O)CCCNC(=N)N)C(=O)N[C@@H](N[C@@H](C=O)CCCNC(=N)N)C(N)=O)NC(=O)[C@H](N[C@@H](C=O)CC(N)=O)NC(=O)CNC1=O. The molecule has 804 valence electrons. The lowest BCUT2D eigenvalue weighted by Gasteiger charge is -2.34. The van der Waals surface area contributed by atoms with Gasteiger partial charge in [-0.15, -0.1) is 0 Å². The van der Waals surface area contributed by atoms with Gasteiger partial charge in [-0.2, -0.15) is 0 Å². The molecular formula is C91H134N30O26. The molecule has 56 nitrogen and oxygen atoms in total. The van der Waals surface area contributed by atoms with E-state index in [1.54, 1.807) is 56.3 Å². The van der Waals surface area contributed by atoms with Crippen molar-refractivity contribution < 1.29 is 125 Å². The number of amides is 15. The van der Waals surface area contributed by atoms with E-state index in [0.29, 0.717) is 37.4 Å². The van der Waals surface area contributed by atoms with Gasteiger partial charge in [0.05, 0.1) is 60.9 Å². The fourth-order valence-electron chi connectivity index (χ4n) is 14.1. The van der Waals surface area contributed by atoms with Crippen LogP contribution in [-0.4, -0.2) is 308 Å². The van der Waals surface area contributed by atoms with Crippen LogP contribution in [0, 0.1) is 16.2 Å². The number of primary amides is 3. The summed E-state index contributed by atoms with van der Waals surface area (Å²) < 4.78 is 0. The van der Waals surface area contributed by atoms with Gasteiger partial charge in [-0.25, -0.2) is 0 Å². The molecule has 0 saturated carbocycles. The highest BCUT2D eigenvalue weighted by Gasteiger charge is 2.44. The van der Waals surface area contributed by atoms with E-state index in [-0.39, 0.29) is 125 Å². The Balaban J connectivity index is 1.99. The lowest BCUT2D eigenvalue weighted by atomic mass is 9.86. The first-order chi connectivity index (χ1) is 69.6. The van der Waals surface area contributed by atoms with Crippen molar-refractivity contribution >= 4 is 157 Å². The van der Waals surface area contributed by atoms with E-state index >= 15 is 28.8 Å². The van der Waals surface area contributed by atoms with Crippen LogP contribution in [0.5, 0.6) is 11.5 Å². The van der Waals surface area contributed by atoms with Gasteiger partial charge in [-0.05, 0) is 152 Å². The van der Waals surface area contributed by atoms with E-state index in [1.165, 1.54) is 55.5 Å². The zero-order valence-corrected chi connectivity index (χ0v) is 81.6. The number of phenols is 2. The van der Waals surface area contributed by atoms with Crippen LogP contribution < -0.4 is 151 Å². The van der Waals surface area contributed by atoms with Gasteiger partial charge in [0.2, 0.25) is 35.4 Å². The predicted octanol–water partition coefficient (Wildman–Crippen LogP) is -12.2. The molecule has 0 spiro atoms. The monoisotopic (exact) mass is 2060 g/mol. The van der Waals surface area contributed by atoms with Gasteiger partial charge < -0.3 is 156 Å². The Kier molecular flexibility index (Phi) is 53.9. The molecule has 15 amide bonds. The third-order valence-corrected chi connectivity index (χ3v) is 22.1. The maximum Gasteiger partial charge on any atom is 0.259 e. The number of aromatic hydroxyl groups is 2. The number of rotatable bonds is 62. The maximum absolute atomic E-state index is 15.6. The number of guanidine groups is 2. The Morgan fingerprint density at radius 3 is 1.13 bits per heavy atom. The lowest BCUT2D eigenvalue weighted by Crippen LogP contribution is -2.71. The number of nitrogens with two attached hydrogens (primary N) is 5. The molecule has 3 aromatic carbocycles. The fourth-order valence-corrected chi connectivity index (χ4v) is 14.1. The first kappa shape index (κ1) is 124. The average molecular weight is 2060 g/mol. The average Bonchev–Trinajstić information content (AvgIpc) is 0.938. The number of hydrogen-bond acceptors (Lipinski definition) is 37. The molecule has 4 rings (SSSR count). The summed E-state index contributed by atoms with van der Waals surface area (Å²) in [6.07, 6.45) is -17.5. The molecule has 0 saturated heterocycles. The summed E-state index contributed by atoms with van der Waals surface area (Å²) in [6.45, 7) is 7.20. The van der Waals surface area contributed by atoms with Crippen molar-refractivity contribution in [2.75, 3.05) is 19.6 Å². The Morgan fingerprint density at radius 2 is 0.762 bits per heavy atom. The first-order valence-corrected chi connectivity index (χ1v) is 46.5. The second kappa shape index (κ2) is 64.1. The molecule has 0 aliphatic carbocycles. The standard InChI is InChI=1S/C91H134N30O26/c1-49(40-122)102-69(78(138)116-71(106-56(43-125)21-17-33-100-89(97)98)80(140)113-68(67(94)136)105-55(42-124)20-16-32-99-88(95)96)114-81(141)72(107-58(45-127)35-53-22-26-62(131)27-23-53)118-83(143)73(108-59(46-128)36-54-24-28-63(132)29-25-54)117-79(139)70(103-50(2)41-123)115-82(142)74(110-60(47-129)37-64(92)133)119-84(144)75(109-57(44-126)34-52-18-12-11-13-19-52)120-87(147)91(6)31-15-10-8-7-9-14-30-90(4,5)86(146)104-51(3)77(137)101-39-66(135)112-76(85(145)121-91)111-61(48-130)38-65(93)134/h7-8,11-13,18-19,22-29,40-51,55-61,68-76,102-103,105-111,131-132H,9-10,14-17,20-21,30-39H2,1-6H3,(H2,92,133)(H2,93,134)(H2,94,136)(H,101,137)(H,104,146)(H,112,135)(H,113,140)(H,114,141)(H,115,142)(H,116,138)(H,117,139)(H,118,143)(H,119,144)(H,120,147)(H,121,145)(H4,95,96,99)(H4,97,98,100)/b8-7-/t49-,50-,51-,55+,56+,57+,58+,59+,60+,61+,68+,69+,70+,71+,72+,73+,74+,75+,76+,91-/m0/s1. The predicted molar refractivity (Wildman–Crippen MR) is 522 cm³/mol. The number of carbonyl (C=O) groups excluding carboxylic acids is 24. The minimum absolute atomic E-state index is 0.0174. The lowest BCUT2D eigenvalue weighted by molar-refractivity contribution is -0.139. The van der Waals surface area contributed by atoms with Crippen molar-refractivity contribution in [3.63, 3.8) is 0 Å². The molecule has 1 aliphatic rings. The van der Waals surface area contributed by atoms with Crippen LogP contribution >= 0.6 is 0 Å². The number of aldehydes is 9. The number of carbonyl (C=O) groups is 24. The molecule has 1 heterocycles. The van der Waals surface area contributed by atoms with E-state index < -0.39 is 266 Å². The largest absolute Gasteiger partial charge is 0.508 e. The summed E-state index contributed by atoms with van der Waals surface area (Å²) in [5.41, 5.74) is 25.0. The van der Waals surface area contributed by atoms with Gasteiger partial charge in [0, 0.05) is 31.3 Å². The highest BCUT2D eigenvalue weighted by molar-refractivity contribution is 6.01. The molecular weight excluding hydrogens is 1930 g/mol. The molecule has 0 aromatic heterocycles. The molecule has 56 heteroatoms. The molecule has 3 aromatic rings. The van der Waals surface area contributed by atoms with Crippen molar-refractivity contribution in [3.8, 4) is 11.5 Å².